The fourth-order valence-corrected chi connectivity index (χ4v) is 6.23. The molecule has 2 fully saturated rings. The van der Waals surface area contributed by atoms with Crippen molar-refractivity contribution in [3.63, 3.8) is 0 Å². The number of rotatable bonds is 3. The molecule has 0 unspecified atom stereocenters. The molecule has 2 saturated heterocycles. The summed E-state index contributed by atoms with van der Waals surface area (Å²) in [6.07, 6.45) is 0.889. The Morgan fingerprint density at radius 2 is 2.03 bits per heavy atom. The number of halogens is 1. The molecule has 12 heteroatoms. The van der Waals surface area contributed by atoms with Gasteiger partial charge in [0.05, 0.1) is 33.7 Å². The number of aromatic nitrogens is 4. The van der Waals surface area contributed by atoms with Crippen LogP contribution in [0, 0.1) is 6.92 Å². The van der Waals surface area contributed by atoms with Crippen LogP contribution in [0.1, 0.15) is 5.56 Å². The van der Waals surface area contributed by atoms with Crippen molar-refractivity contribution in [1.29, 1.82) is 0 Å². The van der Waals surface area contributed by atoms with Crippen LogP contribution in [0.15, 0.2) is 24.4 Å². The summed E-state index contributed by atoms with van der Waals surface area (Å²) < 4.78 is 6.42. The van der Waals surface area contributed by atoms with Crippen LogP contribution in [0.4, 0.5) is 16.6 Å². The number of nitrogens with zero attached hydrogens (tertiary/aromatic N) is 7. The fraction of sp³-hybridized carbons (Fsp3) is 0.407. The van der Waals surface area contributed by atoms with E-state index in [-0.39, 0.29) is 12.6 Å². The van der Waals surface area contributed by atoms with Gasteiger partial charge < -0.3 is 29.4 Å². The topological polar surface area (TPSA) is 114 Å². The van der Waals surface area contributed by atoms with Gasteiger partial charge in [0, 0.05) is 49.7 Å². The first-order valence-corrected chi connectivity index (χ1v) is 13.4. The van der Waals surface area contributed by atoms with E-state index in [0.29, 0.717) is 42.4 Å². The molecule has 1 atom stereocenters. The normalized spacial score (nSPS) is 19.3. The maximum atomic E-state index is 11.8. The van der Waals surface area contributed by atoms with E-state index in [1.807, 2.05) is 24.4 Å². The molecule has 11 nitrogen and oxygen atoms in total. The largest absolute Gasteiger partial charge is 0.489 e. The molecule has 0 radical (unpaired) electrons. The fourth-order valence-electron chi connectivity index (χ4n) is 5.93. The van der Waals surface area contributed by atoms with Gasteiger partial charge >= 0.3 is 6.09 Å². The second kappa shape index (κ2) is 8.85. The number of benzene rings is 2. The zero-order chi connectivity index (χ0) is 27.0. The molecule has 39 heavy (non-hydrogen) atoms. The molecule has 1 amide bonds. The standard InChI is InChI=1S/C27H29ClN8O3/c1-14-4-5-19-18(9-29-32-19)21(14)17-8-20-22-24(23(17)28)39-13-16-12-34(27(37)38)6-7-36(16)25(22)31-26(30-20)35-10-15(11-35)33(2)3/h4-5,8-9,15-16H,6-7,10-13H2,1-3H3,(H,29,32)(H,37,38)/t16-/m0/s1. The minimum Gasteiger partial charge on any atom is -0.489 e. The highest BCUT2D eigenvalue weighted by Gasteiger charge is 2.38. The number of carboxylic acid groups (broad SMARTS) is 1. The van der Waals surface area contributed by atoms with E-state index in [4.69, 9.17) is 26.3 Å². The van der Waals surface area contributed by atoms with E-state index in [2.05, 4.69) is 45.9 Å². The van der Waals surface area contributed by atoms with E-state index >= 15 is 0 Å². The molecule has 3 aliphatic rings. The highest BCUT2D eigenvalue weighted by Crippen LogP contribution is 2.48. The molecule has 4 aromatic rings. The minimum absolute atomic E-state index is 0.197. The Bertz CT molecular complexity index is 1630. The van der Waals surface area contributed by atoms with Gasteiger partial charge in [-0.05, 0) is 44.3 Å². The second-order valence-corrected chi connectivity index (χ2v) is 11.2. The Hall–Kier alpha value is -3.83. The number of hydrogen-bond donors (Lipinski definition) is 2. The van der Waals surface area contributed by atoms with Gasteiger partial charge in [-0.3, -0.25) is 5.10 Å². The van der Waals surface area contributed by atoms with Crippen LogP contribution in [0.3, 0.4) is 0 Å². The number of piperazine rings is 1. The van der Waals surface area contributed by atoms with E-state index in [1.54, 1.807) is 0 Å². The number of fused-ring (bicyclic) bond motifs is 3. The van der Waals surface area contributed by atoms with Crippen LogP contribution in [0.25, 0.3) is 32.9 Å². The number of aromatic amines is 1. The van der Waals surface area contributed by atoms with Crippen LogP contribution in [0.2, 0.25) is 5.02 Å². The Labute approximate surface area is 229 Å². The number of H-pyrrole nitrogens is 1. The number of anilines is 2. The SMILES string of the molecule is Cc1ccc2[nH]ncc2c1-c1cc2nc(N3CC(N(C)C)C3)nc3c2c(c1Cl)OC[C@@H]1CN(C(=O)O)CCN31. The molecule has 0 bridgehead atoms. The van der Waals surface area contributed by atoms with Crippen LogP contribution >= 0.6 is 11.6 Å². The van der Waals surface area contributed by atoms with Gasteiger partial charge in [0.2, 0.25) is 5.95 Å². The predicted octanol–water partition coefficient (Wildman–Crippen LogP) is 3.45. The van der Waals surface area contributed by atoms with Crippen LogP contribution in [-0.2, 0) is 0 Å². The molecular weight excluding hydrogens is 520 g/mol. The Morgan fingerprint density at radius 3 is 2.79 bits per heavy atom. The van der Waals surface area contributed by atoms with Gasteiger partial charge in [0.1, 0.15) is 12.4 Å². The number of amides is 1. The summed E-state index contributed by atoms with van der Waals surface area (Å²) in [6, 6.07) is 6.34. The monoisotopic (exact) mass is 548 g/mol. The summed E-state index contributed by atoms with van der Waals surface area (Å²) in [5.74, 6) is 1.95. The van der Waals surface area contributed by atoms with Crippen molar-refractivity contribution in [2.24, 2.45) is 0 Å². The lowest BCUT2D eigenvalue weighted by molar-refractivity contribution is 0.127. The van der Waals surface area contributed by atoms with Crippen LogP contribution < -0.4 is 14.5 Å². The Kier molecular flexibility index (Phi) is 5.50. The van der Waals surface area contributed by atoms with Crippen molar-refractivity contribution in [3.05, 3.63) is 35.0 Å². The first-order valence-electron chi connectivity index (χ1n) is 13.1. The van der Waals surface area contributed by atoms with E-state index in [9.17, 15) is 9.90 Å². The highest BCUT2D eigenvalue weighted by molar-refractivity contribution is 6.37. The third-order valence-corrected chi connectivity index (χ3v) is 8.65. The smallest absolute Gasteiger partial charge is 0.407 e. The number of likely N-dealkylation sites (N-methyl/N-ethyl adjacent to an activating group) is 1. The summed E-state index contributed by atoms with van der Waals surface area (Å²) in [4.78, 5) is 29.9. The summed E-state index contributed by atoms with van der Waals surface area (Å²) in [7, 11) is 4.17. The third-order valence-electron chi connectivity index (χ3n) is 8.27. The van der Waals surface area contributed by atoms with Gasteiger partial charge in [-0.2, -0.15) is 10.1 Å². The van der Waals surface area contributed by atoms with E-state index < -0.39 is 6.09 Å². The summed E-state index contributed by atoms with van der Waals surface area (Å²) >= 11 is 7.16. The molecule has 2 N–H and O–H groups in total. The molecule has 3 aliphatic heterocycles. The molecule has 7 rings (SSSR count). The average Bonchev–Trinajstić information content (AvgIpc) is 3.28. The maximum absolute atomic E-state index is 11.8. The van der Waals surface area contributed by atoms with E-state index in [0.717, 1.165) is 57.4 Å². The van der Waals surface area contributed by atoms with E-state index in [1.165, 1.54) is 4.90 Å². The highest BCUT2D eigenvalue weighted by atomic mass is 35.5. The lowest BCUT2D eigenvalue weighted by atomic mass is 9.95. The second-order valence-electron chi connectivity index (χ2n) is 10.8. The Balaban J connectivity index is 1.44. The van der Waals surface area contributed by atoms with Gasteiger partial charge in [-0.25, -0.2) is 9.78 Å². The molecule has 0 aliphatic carbocycles. The third kappa shape index (κ3) is 3.75. The molecule has 0 spiro atoms. The van der Waals surface area contributed by atoms with Crippen molar-refractivity contribution in [3.8, 4) is 16.9 Å². The molecule has 2 aromatic heterocycles. The van der Waals surface area contributed by atoms with Crippen LogP contribution in [-0.4, -0.2) is 107 Å². The van der Waals surface area contributed by atoms with Crippen molar-refractivity contribution in [1.82, 2.24) is 30.0 Å². The summed E-state index contributed by atoms with van der Waals surface area (Å²) in [5.41, 5.74) is 4.53. The van der Waals surface area contributed by atoms with Crippen molar-refractivity contribution < 1.29 is 14.6 Å². The molecular formula is C27H29ClN8O3. The summed E-state index contributed by atoms with van der Waals surface area (Å²) in [5, 5.41) is 19.2. The first-order chi connectivity index (χ1) is 18.8. The lowest BCUT2D eigenvalue weighted by Crippen LogP contribution is -2.58. The number of nitrogens with one attached hydrogen (secondary N) is 1. The lowest BCUT2D eigenvalue weighted by Gasteiger charge is -2.43. The Morgan fingerprint density at radius 1 is 1.21 bits per heavy atom. The quantitative estimate of drug-likeness (QED) is 0.397. The molecule has 2 aromatic carbocycles. The van der Waals surface area contributed by atoms with Gasteiger partial charge in [-0.1, -0.05) is 17.7 Å². The number of ether oxygens (including phenoxy) is 1. The zero-order valence-electron chi connectivity index (χ0n) is 22.0. The maximum Gasteiger partial charge on any atom is 0.407 e. The zero-order valence-corrected chi connectivity index (χ0v) is 22.7. The molecule has 5 heterocycles. The molecule has 0 saturated carbocycles. The number of aryl methyl sites for hydroxylation is 1. The van der Waals surface area contributed by atoms with Crippen molar-refractivity contribution in [2.45, 2.75) is 19.0 Å². The minimum atomic E-state index is -0.927. The summed E-state index contributed by atoms with van der Waals surface area (Å²) in [6.45, 7) is 5.25. The van der Waals surface area contributed by atoms with Gasteiger partial charge in [-0.15, -0.1) is 0 Å². The van der Waals surface area contributed by atoms with Crippen molar-refractivity contribution >= 4 is 51.3 Å². The number of carbonyl (C=O) groups is 1. The predicted molar refractivity (Wildman–Crippen MR) is 150 cm³/mol. The number of hydrogen-bond acceptors (Lipinski definition) is 8. The van der Waals surface area contributed by atoms with Crippen LogP contribution in [0.5, 0.6) is 5.75 Å². The van der Waals surface area contributed by atoms with Gasteiger partial charge in [0.25, 0.3) is 0 Å². The first kappa shape index (κ1) is 24.2. The average molecular weight is 549 g/mol. The molecule has 202 valence electrons. The van der Waals surface area contributed by atoms with Gasteiger partial charge in [0.15, 0.2) is 5.75 Å². The van der Waals surface area contributed by atoms with Crippen molar-refractivity contribution in [2.75, 3.05) is 63.2 Å².